The van der Waals surface area contributed by atoms with Crippen molar-refractivity contribution in [3.63, 3.8) is 0 Å². The number of benzene rings is 1. The molecule has 1 amide bonds. The minimum absolute atomic E-state index is 0.0976. The summed E-state index contributed by atoms with van der Waals surface area (Å²) in [7, 11) is 0. The fourth-order valence-corrected chi connectivity index (χ4v) is 2.74. The van der Waals surface area contributed by atoms with Crippen LogP contribution in [0.4, 0.5) is 4.39 Å². The van der Waals surface area contributed by atoms with Gasteiger partial charge in [-0.2, -0.15) is 0 Å². The van der Waals surface area contributed by atoms with Crippen LogP contribution in [0.5, 0.6) is 0 Å². The molecule has 1 heterocycles. The quantitative estimate of drug-likeness (QED) is 0.926. The number of carbonyl (C=O) groups excluding carboxylic acids is 1. The van der Waals surface area contributed by atoms with E-state index in [1.54, 1.807) is 12.1 Å². The summed E-state index contributed by atoms with van der Waals surface area (Å²) >= 11 is 1.33. The molecule has 0 bridgehead atoms. The van der Waals surface area contributed by atoms with Crippen LogP contribution in [0.15, 0.2) is 24.3 Å². The van der Waals surface area contributed by atoms with E-state index in [4.69, 9.17) is 0 Å². The lowest BCUT2D eigenvalue weighted by Gasteiger charge is -2.16. The van der Waals surface area contributed by atoms with Crippen LogP contribution in [0.2, 0.25) is 0 Å². The zero-order valence-corrected chi connectivity index (χ0v) is 13.4. The first-order chi connectivity index (χ1) is 9.88. The number of rotatable bonds is 4. The van der Waals surface area contributed by atoms with Crippen molar-refractivity contribution < 1.29 is 9.18 Å². The second-order valence-electron chi connectivity index (χ2n) is 5.45. The van der Waals surface area contributed by atoms with Gasteiger partial charge in [-0.1, -0.05) is 13.8 Å². The maximum absolute atomic E-state index is 13.0. The Balaban J connectivity index is 2.23. The summed E-state index contributed by atoms with van der Waals surface area (Å²) in [6.45, 7) is 7.93. The molecule has 2 rings (SSSR count). The van der Waals surface area contributed by atoms with Gasteiger partial charge < -0.3 is 5.32 Å². The summed E-state index contributed by atoms with van der Waals surface area (Å²) in [5, 5.41) is 3.71. The predicted molar refractivity (Wildman–Crippen MR) is 84.0 cm³/mol. The molecule has 1 aromatic heterocycles. The molecule has 1 atom stereocenters. The lowest BCUT2D eigenvalue weighted by molar-refractivity contribution is 0.0934. The van der Waals surface area contributed by atoms with E-state index in [1.165, 1.54) is 23.5 Å². The average Bonchev–Trinajstić information content (AvgIpc) is 2.81. The topological polar surface area (TPSA) is 42.0 Å². The first-order valence-electron chi connectivity index (χ1n) is 6.92. The van der Waals surface area contributed by atoms with Crippen LogP contribution in [-0.4, -0.2) is 16.9 Å². The van der Waals surface area contributed by atoms with Gasteiger partial charge in [0.25, 0.3) is 5.91 Å². The minimum atomic E-state index is -0.282. The fraction of sp³-hybridized carbons (Fsp3) is 0.375. The Morgan fingerprint density at radius 1 is 1.24 bits per heavy atom. The van der Waals surface area contributed by atoms with Crippen LogP contribution in [0.1, 0.15) is 36.1 Å². The van der Waals surface area contributed by atoms with E-state index in [2.05, 4.69) is 24.1 Å². The smallest absolute Gasteiger partial charge is 0.263 e. The highest BCUT2D eigenvalue weighted by Gasteiger charge is 2.18. The van der Waals surface area contributed by atoms with Crippen molar-refractivity contribution in [2.45, 2.75) is 33.7 Å². The van der Waals surface area contributed by atoms with Crippen LogP contribution in [-0.2, 0) is 0 Å². The van der Waals surface area contributed by atoms with Gasteiger partial charge in [0.1, 0.15) is 15.7 Å². The Morgan fingerprint density at radius 2 is 1.86 bits per heavy atom. The van der Waals surface area contributed by atoms with Crippen LogP contribution in [0, 0.1) is 18.7 Å². The molecule has 112 valence electrons. The summed E-state index contributed by atoms with van der Waals surface area (Å²) in [5.41, 5.74) is 1.52. The number of aryl methyl sites for hydroxylation is 1. The Bertz CT molecular complexity index is 634. The second kappa shape index (κ2) is 6.35. The van der Waals surface area contributed by atoms with Crippen molar-refractivity contribution >= 4 is 17.2 Å². The number of thiazole rings is 1. The fourth-order valence-electron chi connectivity index (χ4n) is 1.76. The molecule has 2 aromatic rings. The van der Waals surface area contributed by atoms with Gasteiger partial charge in [0.2, 0.25) is 0 Å². The monoisotopic (exact) mass is 306 g/mol. The molecular formula is C16H19FN2OS. The van der Waals surface area contributed by atoms with Crippen LogP contribution in [0.3, 0.4) is 0 Å². The highest BCUT2D eigenvalue weighted by atomic mass is 32.1. The molecule has 1 aromatic carbocycles. The molecular weight excluding hydrogens is 287 g/mol. The average molecular weight is 306 g/mol. The number of amides is 1. The van der Waals surface area contributed by atoms with Crippen molar-refractivity contribution in [3.8, 4) is 10.6 Å². The third-order valence-corrected chi connectivity index (χ3v) is 4.66. The Morgan fingerprint density at radius 3 is 2.43 bits per heavy atom. The molecule has 0 radical (unpaired) electrons. The normalized spacial score (nSPS) is 12.5. The molecule has 0 saturated heterocycles. The highest BCUT2D eigenvalue weighted by molar-refractivity contribution is 7.17. The third-order valence-electron chi connectivity index (χ3n) is 3.45. The number of halogens is 1. The number of hydrogen-bond donors (Lipinski definition) is 1. The maximum Gasteiger partial charge on any atom is 0.263 e. The van der Waals surface area contributed by atoms with Gasteiger partial charge in [-0.15, -0.1) is 11.3 Å². The SMILES string of the molecule is Cc1nc(-c2ccc(F)cc2)sc1C(=O)NC(C)C(C)C. The Hall–Kier alpha value is -1.75. The van der Waals surface area contributed by atoms with E-state index in [9.17, 15) is 9.18 Å². The van der Waals surface area contributed by atoms with Crippen LogP contribution < -0.4 is 5.32 Å². The highest BCUT2D eigenvalue weighted by Crippen LogP contribution is 2.28. The molecule has 5 heteroatoms. The van der Waals surface area contributed by atoms with Gasteiger partial charge >= 0.3 is 0 Å². The standard InChI is InChI=1S/C16H19FN2OS/c1-9(2)10(3)18-15(20)14-11(4)19-16(21-14)12-5-7-13(17)8-6-12/h5-10H,1-4H3,(H,18,20). The van der Waals surface area contributed by atoms with E-state index in [0.29, 0.717) is 16.5 Å². The van der Waals surface area contributed by atoms with E-state index >= 15 is 0 Å². The number of aromatic nitrogens is 1. The van der Waals surface area contributed by atoms with Crippen molar-refractivity contribution in [2.75, 3.05) is 0 Å². The molecule has 1 unspecified atom stereocenters. The first kappa shape index (κ1) is 15.6. The summed E-state index contributed by atoms with van der Waals surface area (Å²) in [6, 6.07) is 6.24. The van der Waals surface area contributed by atoms with Gasteiger partial charge in [-0.25, -0.2) is 9.37 Å². The van der Waals surface area contributed by atoms with Crippen molar-refractivity contribution in [3.05, 3.63) is 40.7 Å². The second-order valence-corrected chi connectivity index (χ2v) is 6.45. The lowest BCUT2D eigenvalue weighted by Crippen LogP contribution is -2.35. The Kier molecular flexibility index (Phi) is 4.73. The van der Waals surface area contributed by atoms with E-state index in [1.807, 2.05) is 13.8 Å². The van der Waals surface area contributed by atoms with E-state index in [0.717, 1.165) is 10.6 Å². The molecule has 3 nitrogen and oxygen atoms in total. The lowest BCUT2D eigenvalue weighted by atomic mass is 10.1. The van der Waals surface area contributed by atoms with Gasteiger partial charge in [0.15, 0.2) is 0 Å². The Labute approximate surface area is 128 Å². The summed E-state index contributed by atoms with van der Waals surface area (Å²) in [4.78, 5) is 17.3. The molecule has 0 fully saturated rings. The van der Waals surface area contributed by atoms with Gasteiger partial charge in [0.05, 0.1) is 5.69 Å². The van der Waals surface area contributed by atoms with E-state index in [-0.39, 0.29) is 17.8 Å². The molecule has 0 saturated carbocycles. The zero-order chi connectivity index (χ0) is 15.6. The molecule has 0 aliphatic rings. The van der Waals surface area contributed by atoms with E-state index < -0.39 is 0 Å². The summed E-state index contributed by atoms with van der Waals surface area (Å²) in [5.74, 6) is -0.00550. The predicted octanol–water partition coefficient (Wildman–Crippen LogP) is 4.03. The largest absolute Gasteiger partial charge is 0.349 e. The molecule has 0 aliphatic carbocycles. The van der Waals surface area contributed by atoms with Crippen LogP contribution in [0.25, 0.3) is 10.6 Å². The number of nitrogens with zero attached hydrogens (tertiary/aromatic N) is 1. The third kappa shape index (κ3) is 3.67. The number of nitrogens with one attached hydrogen (secondary N) is 1. The molecule has 21 heavy (non-hydrogen) atoms. The van der Waals surface area contributed by atoms with Crippen molar-refractivity contribution in [2.24, 2.45) is 5.92 Å². The van der Waals surface area contributed by atoms with Gasteiger partial charge in [-0.3, -0.25) is 4.79 Å². The summed E-state index contributed by atoms with van der Waals surface area (Å²) < 4.78 is 13.0. The molecule has 0 aliphatic heterocycles. The zero-order valence-electron chi connectivity index (χ0n) is 12.6. The van der Waals surface area contributed by atoms with Crippen LogP contribution >= 0.6 is 11.3 Å². The maximum atomic E-state index is 13.0. The number of carbonyl (C=O) groups is 1. The molecule has 1 N–H and O–H groups in total. The van der Waals surface area contributed by atoms with Gasteiger partial charge in [-0.05, 0) is 44.0 Å². The molecule has 0 spiro atoms. The van der Waals surface area contributed by atoms with Crippen molar-refractivity contribution in [1.29, 1.82) is 0 Å². The minimum Gasteiger partial charge on any atom is -0.349 e. The first-order valence-corrected chi connectivity index (χ1v) is 7.74. The van der Waals surface area contributed by atoms with Crippen molar-refractivity contribution in [1.82, 2.24) is 10.3 Å². The number of hydrogen-bond acceptors (Lipinski definition) is 3. The summed E-state index contributed by atoms with van der Waals surface area (Å²) in [6.07, 6.45) is 0. The van der Waals surface area contributed by atoms with Gasteiger partial charge in [0, 0.05) is 11.6 Å².